The van der Waals surface area contributed by atoms with E-state index < -0.39 is 0 Å². The van der Waals surface area contributed by atoms with E-state index in [9.17, 15) is 0 Å². The van der Waals surface area contributed by atoms with Crippen LogP contribution in [0.2, 0.25) is 0 Å². The summed E-state index contributed by atoms with van der Waals surface area (Å²) in [5.41, 5.74) is 3.76. The fraction of sp³-hybridized carbons (Fsp3) is 0.267. The third-order valence-corrected chi connectivity index (χ3v) is 2.73. The molecule has 0 aliphatic carbocycles. The predicted molar refractivity (Wildman–Crippen MR) is 70.6 cm³/mol. The first-order valence-electron chi connectivity index (χ1n) is 5.88. The average Bonchev–Trinajstić information content (AvgIpc) is 2.33. The Labute approximate surface area is 103 Å². The van der Waals surface area contributed by atoms with Crippen molar-refractivity contribution < 1.29 is 0 Å². The van der Waals surface area contributed by atoms with Crippen LogP contribution in [0.3, 0.4) is 0 Å². The van der Waals surface area contributed by atoms with Gasteiger partial charge in [-0.3, -0.25) is 9.88 Å². The van der Waals surface area contributed by atoms with Crippen LogP contribution in [0, 0.1) is 6.92 Å². The fourth-order valence-corrected chi connectivity index (χ4v) is 1.83. The predicted octanol–water partition coefficient (Wildman–Crippen LogP) is 3.02. The molecule has 0 fully saturated rings. The minimum Gasteiger partial charge on any atom is -0.296 e. The van der Waals surface area contributed by atoms with Crippen molar-refractivity contribution in [1.29, 1.82) is 0 Å². The Bertz CT molecular complexity index is 448. The molecule has 17 heavy (non-hydrogen) atoms. The highest BCUT2D eigenvalue weighted by atomic mass is 15.1. The molecule has 0 saturated heterocycles. The van der Waals surface area contributed by atoms with Crippen LogP contribution < -0.4 is 0 Å². The number of hydrogen-bond acceptors (Lipinski definition) is 2. The van der Waals surface area contributed by atoms with Crippen LogP contribution in [0.15, 0.2) is 48.7 Å². The van der Waals surface area contributed by atoms with E-state index in [1.807, 2.05) is 18.3 Å². The quantitative estimate of drug-likeness (QED) is 0.796. The molecule has 1 heterocycles. The van der Waals surface area contributed by atoms with Crippen LogP contribution in [0.4, 0.5) is 0 Å². The van der Waals surface area contributed by atoms with E-state index in [0.29, 0.717) is 0 Å². The second-order valence-electron chi connectivity index (χ2n) is 4.48. The minimum atomic E-state index is 0.884. The zero-order valence-corrected chi connectivity index (χ0v) is 10.4. The molecular formula is C15H18N2. The first-order chi connectivity index (χ1) is 8.24. The number of hydrogen-bond donors (Lipinski definition) is 0. The van der Waals surface area contributed by atoms with Crippen molar-refractivity contribution in [2.24, 2.45) is 0 Å². The molecule has 0 spiro atoms. The lowest BCUT2D eigenvalue weighted by molar-refractivity contribution is 0.315. The summed E-state index contributed by atoms with van der Waals surface area (Å²) >= 11 is 0. The number of benzene rings is 1. The molecule has 2 nitrogen and oxygen atoms in total. The molecule has 0 saturated carbocycles. The van der Waals surface area contributed by atoms with Crippen molar-refractivity contribution in [3.8, 4) is 0 Å². The van der Waals surface area contributed by atoms with E-state index in [-0.39, 0.29) is 0 Å². The van der Waals surface area contributed by atoms with Crippen LogP contribution in [0.5, 0.6) is 0 Å². The third kappa shape index (κ3) is 3.68. The van der Waals surface area contributed by atoms with Gasteiger partial charge in [0, 0.05) is 19.3 Å². The van der Waals surface area contributed by atoms with Crippen molar-refractivity contribution in [1.82, 2.24) is 9.88 Å². The maximum Gasteiger partial charge on any atom is 0.0543 e. The number of rotatable bonds is 4. The van der Waals surface area contributed by atoms with E-state index >= 15 is 0 Å². The van der Waals surface area contributed by atoms with E-state index in [2.05, 4.69) is 54.2 Å². The Morgan fingerprint density at radius 2 is 1.76 bits per heavy atom. The lowest BCUT2D eigenvalue weighted by Gasteiger charge is -2.16. The Hall–Kier alpha value is -1.67. The average molecular weight is 226 g/mol. The molecule has 0 aliphatic heterocycles. The van der Waals surface area contributed by atoms with E-state index in [1.165, 1.54) is 11.1 Å². The molecule has 1 aromatic heterocycles. The van der Waals surface area contributed by atoms with Crippen molar-refractivity contribution >= 4 is 0 Å². The zero-order chi connectivity index (χ0) is 12.1. The van der Waals surface area contributed by atoms with E-state index in [1.54, 1.807) is 0 Å². The highest BCUT2D eigenvalue weighted by Gasteiger charge is 2.02. The normalized spacial score (nSPS) is 10.8. The summed E-state index contributed by atoms with van der Waals surface area (Å²) in [6.45, 7) is 3.95. The lowest BCUT2D eigenvalue weighted by atomic mass is 10.1. The summed E-state index contributed by atoms with van der Waals surface area (Å²) in [6.07, 6.45) is 1.84. The molecule has 0 radical (unpaired) electrons. The van der Waals surface area contributed by atoms with Crippen molar-refractivity contribution in [3.05, 3.63) is 65.5 Å². The minimum absolute atomic E-state index is 0.884. The Morgan fingerprint density at radius 3 is 2.41 bits per heavy atom. The van der Waals surface area contributed by atoms with Crippen LogP contribution in [-0.2, 0) is 13.1 Å². The van der Waals surface area contributed by atoms with Crippen LogP contribution in [0.1, 0.15) is 16.8 Å². The summed E-state index contributed by atoms with van der Waals surface area (Å²) in [6, 6.07) is 14.7. The van der Waals surface area contributed by atoms with Gasteiger partial charge >= 0.3 is 0 Å². The van der Waals surface area contributed by atoms with Gasteiger partial charge in [-0.25, -0.2) is 0 Å². The van der Waals surface area contributed by atoms with Gasteiger partial charge in [-0.1, -0.05) is 35.9 Å². The van der Waals surface area contributed by atoms with Gasteiger partial charge in [0.05, 0.1) is 5.69 Å². The Balaban J connectivity index is 1.93. The number of nitrogens with zero attached hydrogens (tertiary/aromatic N) is 2. The van der Waals surface area contributed by atoms with Gasteiger partial charge in [-0.05, 0) is 31.7 Å². The highest BCUT2D eigenvalue weighted by molar-refractivity contribution is 5.21. The molecule has 0 atom stereocenters. The molecule has 88 valence electrons. The number of pyridine rings is 1. The third-order valence-electron chi connectivity index (χ3n) is 2.73. The first-order valence-corrected chi connectivity index (χ1v) is 5.88. The molecule has 1 aromatic carbocycles. The van der Waals surface area contributed by atoms with Gasteiger partial charge in [-0.2, -0.15) is 0 Å². The molecule has 0 amide bonds. The second kappa shape index (κ2) is 5.60. The van der Waals surface area contributed by atoms with Crippen LogP contribution in [-0.4, -0.2) is 16.9 Å². The molecule has 0 aliphatic rings. The van der Waals surface area contributed by atoms with Gasteiger partial charge in [0.1, 0.15) is 0 Å². The fourth-order valence-electron chi connectivity index (χ4n) is 1.83. The SMILES string of the molecule is Cc1ccc(CN(C)Cc2ccccn2)cc1. The number of aryl methyl sites for hydroxylation is 1. The monoisotopic (exact) mass is 226 g/mol. The van der Waals surface area contributed by atoms with Crippen molar-refractivity contribution in [2.45, 2.75) is 20.0 Å². The van der Waals surface area contributed by atoms with Gasteiger partial charge in [0.2, 0.25) is 0 Å². The van der Waals surface area contributed by atoms with Crippen LogP contribution in [0.25, 0.3) is 0 Å². The largest absolute Gasteiger partial charge is 0.296 e. The standard InChI is InChI=1S/C15H18N2/c1-13-6-8-14(9-7-13)11-17(2)12-15-5-3-4-10-16-15/h3-10H,11-12H2,1-2H3. The molecule has 2 aromatic rings. The maximum atomic E-state index is 4.33. The van der Waals surface area contributed by atoms with Gasteiger partial charge in [0.25, 0.3) is 0 Å². The summed E-state index contributed by atoms with van der Waals surface area (Å²) in [5, 5.41) is 0. The van der Waals surface area contributed by atoms with Crippen LogP contribution >= 0.6 is 0 Å². The Kier molecular flexibility index (Phi) is 3.89. The van der Waals surface area contributed by atoms with E-state index in [0.717, 1.165) is 18.8 Å². The Morgan fingerprint density at radius 1 is 1.00 bits per heavy atom. The van der Waals surface area contributed by atoms with Gasteiger partial charge < -0.3 is 0 Å². The van der Waals surface area contributed by atoms with Crippen molar-refractivity contribution in [3.63, 3.8) is 0 Å². The van der Waals surface area contributed by atoms with E-state index in [4.69, 9.17) is 0 Å². The molecule has 2 heteroatoms. The van der Waals surface area contributed by atoms with Gasteiger partial charge in [-0.15, -0.1) is 0 Å². The summed E-state index contributed by atoms with van der Waals surface area (Å²) in [5.74, 6) is 0. The molecule has 2 rings (SSSR count). The van der Waals surface area contributed by atoms with Gasteiger partial charge in [0.15, 0.2) is 0 Å². The lowest BCUT2D eigenvalue weighted by Crippen LogP contribution is -2.17. The molecular weight excluding hydrogens is 208 g/mol. The molecule has 0 unspecified atom stereocenters. The maximum absolute atomic E-state index is 4.33. The summed E-state index contributed by atoms with van der Waals surface area (Å²) in [4.78, 5) is 6.60. The summed E-state index contributed by atoms with van der Waals surface area (Å²) in [7, 11) is 2.12. The van der Waals surface area contributed by atoms with Crippen molar-refractivity contribution in [2.75, 3.05) is 7.05 Å². The summed E-state index contributed by atoms with van der Waals surface area (Å²) < 4.78 is 0. The smallest absolute Gasteiger partial charge is 0.0543 e. The first kappa shape index (κ1) is 11.8. The topological polar surface area (TPSA) is 16.1 Å². The molecule has 0 N–H and O–H groups in total. The zero-order valence-electron chi connectivity index (χ0n) is 10.4. The molecule has 0 bridgehead atoms. The number of aromatic nitrogens is 1. The second-order valence-corrected chi connectivity index (χ2v) is 4.48. The highest BCUT2D eigenvalue weighted by Crippen LogP contribution is 2.07.